The monoisotopic (exact) mass is 524 g/mol. The molecule has 1 fully saturated rings. The van der Waals surface area contributed by atoms with Crippen molar-refractivity contribution in [2.45, 2.75) is 38.0 Å². The molecule has 16 heteroatoms. The third-order valence-electron chi connectivity index (χ3n) is 5.51. The highest BCUT2D eigenvalue weighted by Gasteiger charge is 2.30. The number of hydrogen-bond donors (Lipinski definition) is 4. The van der Waals surface area contributed by atoms with E-state index in [1.807, 2.05) is 0 Å². The second-order valence-electron chi connectivity index (χ2n) is 9.03. The number of benzene rings is 1. The van der Waals surface area contributed by atoms with E-state index in [-0.39, 0.29) is 52.4 Å². The lowest BCUT2D eigenvalue weighted by Gasteiger charge is -2.23. The van der Waals surface area contributed by atoms with Gasteiger partial charge in [-0.2, -0.15) is 4.98 Å². The van der Waals surface area contributed by atoms with E-state index in [4.69, 9.17) is 32.8 Å². The van der Waals surface area contributed by atoms with E-state index >= 15 is 0 Å². The highest BCUT2D eigenvalue weighted by atomic mass is 16.5. The summed E-state index contributed by atoms with van der Waals surface area (Å²) in [5.74, 6) is -0.534. The van der Waals surface area contributed by atoms with E-state index in [1.165, 1.54) is 20.1 Å². The summed E-state index contributed by atoms with van der Waals surface area (Å²) < 4.78 is 11.0. The van der Waals surface area contributed by atoms with Gasteiger partial charge in [-0.15, -0.1) is 10.2 Å². The van der Waals surface area contributed by atoms with Crippen LogP contribution < -0.4 is 26.0 Å². The number of nitrogens with one attached hydrogen (secondary N) is 4. The second-order valence-corrected chi connectivity index (χ2v) is 9.03. The van der Waals surface area contributed by atoms with Crippen molar-refractivity contribution in [3.8, 4) is 17.2 Å². The molecule has 2 heterocycles. The first-order chi connectivity index (χ1) is 18.4. The second kappa shape index (κ2) is 11.2. The fourth-order valence-electron chi connectivity index (χ4n) is 3.60. The van der Waals surface area contributed by atoms with Crippen LogP contribution in [-0.4, -0.2) is 73.9 Å². The van der Waals surface area contributed by atoms with E-state index in [0.717, 1.165) is 12.8 Å². The molecule has 1 aliphatic carbocycles. The Labute approximate surface area is 227 Å². The SMILES string of the molecule is [B]C([B])([B])NC(=O)c1nnc(NC(=O)C2CC2)cc1Nc1cccc(-c2nc([C@@H](C)NC(C)=O)no2)c1OC. The largest absolute Gasteiger partial charge is 0.494 e. The zero-order chi connectivity index (χ0) is 28.3. The number of carbonyl (C=O) groups excluding carboxylic acids is 3. The van der Waals surface area contributed by atoms with E-state index < -0.39 is 17.2 Å². The van der Waals surface area contributed by atoms with E-state index in [1.54, 1.807) is 25.1 Å². The van der Waals surface area contributed by atoms with Gasteiger partial charge >= 0.3 is 0 Å². The zero-order valence-electron chi connectivity index (χ0n) is 21.4. The number of aromatic nitrogens is 4. The number of nitrogens with zero attached hydrogens (tertiary/aromatic N) is 4. The van der Waals surface area contributed by atoms with Crippen LogP contribution in [0.3, 0.4) is 0 Å². The molecule has 0 spiro atoms. The van der Waals surface area contributed by atoms with Crippen LogP contribution in [0.25, 0.3) is 11.5 Å². The lowest BCUT2D eigenvalue weighted by molar-refractivity contribution is -0.119. The molecule has 0 unspecified atom stereocenters. The zero-order valence-corrected chi connectivity index (χ0v) is 21.4. The van der Waals surface area contributed by atoms with Crippen molar-refractivity contribution in [1.29, 1.82) is 0 Å². The van der Waals surface area contributed by atoms with Gasteiger partial charge in [-0.05, 0) is 31.9 Å². The van der Waals surface area contributed by atoms with Gasteiger partial charge in [0.05, 0.1) is 53.6 Å². The van der Waals surface area contributed by atoms with Crippen LogP contribution in [0.15, 0.2) is 28.8 Å². The fourth-order valence-corrected chi connectivity index (χ4v) is 3.60. The third kappa shape index (κ3) is 6.95. The summed E-state index contributed by atoms with van der Waals surface area (Å²) in [5.41, 5.74) is 0.739. The van der Waals surface area contributed by atoms with Crippen molar-refractivity contribution in [2.24, 2.45) is 5.92 Å². The predicted octanol–water partition coefficient (Wildman–Crippen LogP) is 0.671. The van der Waals surface area contributed by atoms with Crippen LogP contribution in [0.4, 0.5) is 17.2 Å². The summed E-state index contributed by atoms with van der Waals surface area (Å²) in [7, 11) is 18.0. The van der Waals surface area contributed by atoms with Gasteiger partial charge in [0.15, 0.2) is 23.1 Å². The molecule has 4 N–H and O–H groups in total. The maximum Gasteiger partial charge on any atom is 0.272 e. The average Bonchev–Trinajstić information content (AvgIpc) is 3.59. The lowest BCUT2D eigenvalue weighted by Crippen LogP contribution is -2.50. The molecule has 0 saturated heterocycles. The summed E-state index contributed by atoms with van der Waals surface area (Å²) in [4.78, 5) is 40.9. The number of methoxy groups -OCH3 is 1. The normalized spacial score (nSPS) is 13.7. The Bertz CT molecular complexity index is 1410. The minimum atomic E-state index is -2.02. The molecule has 194 valence electrons. The first kappa shape index (κ1) is 27.7. The quantitative estimate of drug-likeness (QED) is 0.276. The molecule has 6 radical (unpaired) electrons. The number of hydrogen-bond acceptors (Lipinski definition) is 10. The molecule has 3 amide bonds. The van der Waals surface area contributed by atoms with Crippen LogP contribution >= 0.6 is 0 Å². The summed E-state index contributed by atoms with van der Waals surface area (Å²) in [6, 6.07) is 5.99. The number of rotatable bonds is 10. The molecule has 4 rings (SSSR count). The molecular weight excluding hydrogens is 501 g/mol. The molecule has 1 aliphatic rings. The number of carbonyl (C=O) groups is 3. The molecule has 2 aromatic heterocycles. The van der Waals surface area contributed by atoms with Crippen LogP contribution in [0, 0.1) is 5.92 Å². The minimum absolute atomic E-state index is 0.0806. The van der Waals surface area contributed by atoms with Crippen LogP contribution in [0.2, 0.25) is 0 Å². The highest BCUT2D eigenvalue weighted by molar-refractivity contribution is 6.60. The molecule has 0 bridgehead atoms. The minimum Gasteiger partial charge on any atom is -0.494 e. The highest BCUT2D eigenvalue weighted by Crippen LogP contribution is 2.38. The van der Waals surface area contributed by atoms with E-state index in [0.29, 0.717) is 11.3 Å². The van der Waals surface area contributed by atoms with Gasteiger partial charge in [-0.1, -0.05) is 16.5 Å². The van der Waals surface area contributed by atoms with Crippen molar-refractivity contribution in [1.82, 2.24) is 31.0 Å². The van der Waals surface area contributed by atoms with Gasteiger partial charge in [0.2, 0.25) is 11.8 Å². The third-order valence-corrected chi connectivity index (χ3v) is 5.51. The van der Waals surface area contributed by atoms with Crippen molar-refractivity contribution < 1.29 is 23.6 Å². The van der Waals surface area contributed by atoms with Gasteiger partial charge in [0, 0.05) is 18.9 Å². The van der Waals surface area contributed by atoms with Crippen LogP contribution in [0.5, 0.6) is 5.75 Å². The van der Waals surface area contributed by atoms with Crippen molar-refractivity contribution in [3.05, 3.63) is 35.8 Å². The number of para-hydroxylation sites is 1. The van der Waals surface area contributed by atoms with Crippen molar-refractivity contribution in [2.75, 3.05) is 17.7 Å². The summed E-state index contributed by atoms with van der Waals surface area (Å²) in [6.07, 6.45) is 1.59. The number of amides is 3. The summed E-state index contributed by atoms with van der Waals surface area (Å²) in [6.45, 7) is 3.10. The van der Waals surface area contributed by atoms with Gasteiger partial charge in [0.1, 0.15) is 0 Å². The molecule has 3 aromatic rings. The molecule has 0 aliphatic heterocycles. The summed E-state index contributed by atoms with van der Waals surface area (Å²) >= 11 is 0. The Morgan fingerprint density at radius 1 is 1.15 bits per heavy atom. The number of ether oxygens (including phenoxy) is 1. The fraction of sp³-hybridized carbons (Fsp3) is 0.348. The van der Waals surface area contributed by atoms with Gasteiger partial charge in [0.25, 0.3) is 11.8 Å². The first-order valence-corrected chi connectivity index (χ1v) is 11.9. The molecule has 1 saturated carbocycles. The summed E-state index contributed by atoms with van der Waals surface area (Å²) in [5, 5.41) is 20.5. The Balaban J connectivity index is 1.69. The predicted molar refractivity (Wildman–Crippen MR) is 143 cm³/mol. The van der Waals surface area contributed by atoms with Crippen molar-refractivity contribution >= 4 is 58.5 Å². The first-order valence-electron chi connectivity index (χ1n) is 11.9. The standard InChI is InChI=1S/C23H23B3N8O5/c1-10(27-11(2)35)19-30-22(39-34-19)13-5-4-6-14(18(13)38-3)28-15-9-16(29-20(36)12-7-8-12)32-33-17(15)21(37)31-23(24,25)26/h4-6,9-10,12H,7-8H2,1-3H3,(H,27,35)(H,31,37)(H2,28,29,32,36)/t10-/m1/s1. The molecular formula is C23H23B3N8O5. The van der Waals surface area contributed by atoms with Crippen molar-refractivity contribution in [3.63, 3.8) is 0 Å². The Morgan fingerprint density at radius 3 is 2.54 bits per heavy atom. The Hall–Kier alpha value is -4.36. The average molecular weight is 524 g/mol. The molecule has 1 atom stereocenters. The molecule has 13 nitrogen and oxygen atoms in total. The lowest BCUT2D eigenvalue weighted by atomic mass is 9.49. The Kier molecular flexibility index (Phi) is 7.93. The Morgan fingerprint density at radius 2 is 1.90 bits per heavy atom. The van der Waals surface area contributed by atoms with Crippen LogP contribution in [-0.2, 0) is 9.59 Å². The maximum atomic E-state index is 12.8. The topological polar surface area (TPSA) is 173 Å². The smallest absolute Gasteiger partial charge is 0.272 e. The number of anilines is 3. The van der Waals surface area contributed by atoms with Gasteiger partial charge < -0.3 is 30.5 Å². The molecule has 39 heavy (non-hydrogen) atoms. The van der Waals surface area contributed by atoms with Gasteiger partial charge in [-0.25, -0.2) is 0 Å². The van der Waals surface area contributed by atoms with E-state index in [9.17, 15) is 14.4 Å². The maximum absolute atomic E-state index is 12.8. The van der Waals surface area contributed by atoms with E-state index in [2.05, 4.69) is 41.6 Å². The van der Waals surface area contributed by atoms with Gasteiger partial charge in [-0.3, -0.25) is 14.4 Å². The van der Waals surface area contributed by atoms with Crippen LogP contribution in [0.1, 0.15) is 49.0 Å². The molecule has 1 aromatic carbocycles.